The summed E-state index contributed by atoms with van der Waals surface area (Å²) in [6.07, 6.45) is 2.73. The number of amides is 2. The molecule has 2 N–H and O–H groups in total. The summed E-state index contributed by atoms with van der Waals surface area (Å²) in [5, 5.41) is 14.8. The molecule has 2 amide bonds. The molecule has 1 aromatic heterocycles. The third kappa shape index (κ3) is 3.13. The average molecular weight is 432 g/mol. The highest BCUT2D eigenvalue weighted by Crippen LogP contribution is 2.37. The Morgan fingerprint density at radius 1 is 1.29 bits per heavy atom. The molecule has 1 atom stereocenters. The van der Waals surface area contributed by atoms with Gasteiger partial charge in [-0.25, -0.2) is 8.78 Å². The van der Waals surface area contributed by atoms with Crippen LogP contribution in [0.4, 0.5) is 8.78 Å². The molecule has 2 aliphatic rings. The van der Waals surface area contributed by atoms with Crippen LogP contribution in [0.2, 0.25) is 0 Å². The van der Waals surface area contributed by atoms with Gasteiger partial charge in [0.2, 0.25) is 5.43 Å². The molecule has 8 nitrogen and oxygen atoms in total. The Kier molecular flexibility index (Phi) is 4.95. The lowest BCUT2D eigenvalue weighted by Gasteiger charge is -2.50. The van der Waals surface area contributed by atoms with Gasteiger partial charge < -0.3 is 15.3 Å². The summed E-state index contributed by atoms with van der Waals surface area (Å²) in [5.74, 6) is -3.71. The average Bonchev–Trinajstić information content (AvgIpc) is 3.11. The molecule has 31 heavy (non-hydrogen) atoms. The second kappa shape index (κ2) is 7.36. The highest BCUT2D eigenvalue weighted by atomic mass is 19.1. The first-order valence-corrected chi connectivity index (χ1v) is 9.99. The SMILES string of the molecule is CCN1C(=O)c2c(O)c(=O)c(C(=O)NCc3ccc(F)cc3F)cn2N2CCC[C@@]12C. The molecule has 0 saturated carbocycles. The van der Waals surface area contributed by atoms with Gasteiger partial charge in [-0.1, -0.05) is 6.07 Å². The van der Waals surface area contributed by atoms with E-state index in [2.05, 4.69) is 5.32 Å². The quantitative estimate of drug-likeness (QED) is 0.767. The van der Waals surface area contributed by atoms with Crippen LogP contribution >= 0.6 is 0 Å². The molecule has 1 saturated heterocycles. The molecule has 0 aliphatic carbocycles. The van der Waals surface area contributed by atoms with Crippen molar-refractivity contribution in [3.8, 4) is 5.75 Å². The van der Waals surface area contributed by atoms with Gasteiger partial charge in [0.05, 0.1) is 0 Å². The lowest BCUT2D eigenvalue weighted by Crippen LogP contribution is -2.66. The molecule has 3 heterocycles. The molecule has 0 bridgehead atoms. The fraction of sp³-hybridized carbons (Fsp3) is 0.381. The van der Waals surface area contributed by atoms with Gasteiger partial charge in [-0.2, -0.15) is 0 Å². The maximum absolute atomic E-state index is 13.8. The molecule has 2 aliphatic heterocycles. The topological polar surface area (TPSA) is 94.9 Å². The van der Waals surface area contributed by atoms with E-state index in [0.29, 0.717) is 25.6 Å². The number of rotatable bonds is 4. The molecular formula is C21H22F2N4O4. The van der Waals surface area contributed by atoms with Crippen LogP contribution in [0.15, 0.2) is 29.2 Å². The third-order valence-electron chi connectivity index (χ3n) is 6.05. The standard InChI is InChI=1S/C21H22F2N4O4/c1-3-25-20(31)16-18(29)17(28)14(11-26(16)27-8-4-7-21(25,27)2)19(30)24-10-12-5-6-13(22)9-15(12)23/h5-6,9,11,29H,3-4,7-8,10H2,1-2H3,(H,24,30)/t21-/m0/s1. The fourth-order valence-electron chi connectivity index (χ4n) is 4.45. The lowest BCUT2D eigenvalue weighted by atomic mass is 10.0. The Hall–Kier alpha value is -3.43. The number of halogens is 2. The van der Waals surface area contributed by atoms with E-state index >= 15 is 0 Å². The number of nitrogens with zero attached hydrogens (tertiary/aromatic N) is 3. The molecular weight excluding hydrogens is 410 g/mol. The predicted molar refractivity (Wildman–Crippen MR) is 107 cm³/mol. The Morgan fingerprint density at radius 3 is 2.71 bits per heavy atom. The van der Waals surface area contributed by atoms with Crippen LogP contribution in [-0.4, -0.2) is 45.2 Å². The van der Waals surface area contributed by atoms with E-state index in [1.54, 1.807) is 4.90 Å². The summed E-state index contributed by atoms with van der Waals surface area (Å²) in [5.41, 5.74) is -2.16. The Labute approximate surface area is 176 Å². The van der Waals surface area contributed by atoms with Crippen LogP contribution in [0.3, 0.4) is 0 Å². The smallest absolute Gasteiger partial charge is 0.278 e. The van der Waals surface area contributed by atoms with Crippen molar-refractivity contribution in [2.75, 3.05) is 18.1 Å². The van der Waals surface area contributed by atoms with Gasteiger partial charge in [0.25, 0.3) is 11.8 Å². The van der Waals surface area contributed by atoms with Crippen LogP contribution in [0.1, 0.15) is 53.1 Å². The first-order valence-electron chi connectivity index (χ1n) is 9.99. The molecule has 1 fully saturated rings. The van der Waals surface area contributed by atoms with Gasteiger partial charge in [-0.3, -0.25) is 24.1 Å². The summed E-state index contributed by atoms with van der Waals surface area (Å²) in [4.78, 5) is 40.0. The summed E-state index contributed by atoms with van der Waals surface area (Å²) >= 11 is 0. The summed E-state index contributed by atoms with van der Waals surface area (Å²) in [7, 11) is 0. The zero-order valence-electron chi connectivity index (χ0n) is 17.1. The van der Waals surface area contributed by atoms with Crippen molar-refractivity contribution in [3.05, 3.63) is 63.1 Å². The zero-order chi connectivity index (χ0) is 22.5. The van der Waals surface area contributed by atoms with Gasteiger partial charge in [0.15, 0.2) is 11.4 Å². The number of aromatic hydroxyl groups is 1. The number of fused-ring (bicyclic) bond motifs is 3. The van der Waals surface area contributed by atoms with Crippen molar-refractivity contribution >= 4 is 11.8 Å². The Morgan fingerprint density at radius 2 is 2.03 bits per heavy atom. The molecule has 164 valence electrons. The van der Waals surface area contributed by atoms with E-state index < -0.39 is 40.3 Å². The number of nitrogens with one attached hydrogen (secondary N) is 1. The first-order chi connectivity index (χ1) is 14.7. The third-order valence-corrected chi connectivity index (χ3v) is 6.05. The minimum Gasteiger partial charge on any atom is -0.502 e. The maximum atomic E-state index is 13.8. The van der Waals surface area contributed by atoms with E-state index in [1.165, 1.54) is 16.9 Å². The molecule has 0 spiro atoms. The van der Waals surface area contributed by atoms with E-state index in [1.807, 2.05) is 18.9 Å². The Bertz CT molecular complexity index is 1150. The van der Waals surface area contributed by atoms with Gasteiger partial charge in [0.1, 0.15) is 22.9 Å². The summed E-state index contributed by atoms with van der Waals surface area (Å²) in [6, 6.07) is 2.94. The number of hydrogen-bond donors (Lipinski definition) is 2. The molecule has 0 unspecified atom stereocenters. The van der Waals surface area contributed by atoms with E-state index in [4.69, 9.17) is 0 Å². The van der Waals surface area contributed by atoms with Gasteiger partial charge >= 0.3 is 0 Å². The number of carbonyl (C=O) groups is 2. The van der Waals surface area contributed by atoms with Crippen LogP contribution < -0.4 is 15.8 Å². The highest BCUT2D eigenvalue weighted by molar-refractivity contribution is 5.99. The van der Waals surface area contributed by atoms with Gasteiger partial charge in [-0.05, 0) is 32.8 Å². The first kappa shape index (κ1) is 20.8. The molecule has 4 rings (SSSR count). The number of carbonyl (C=O) groups excluding carboxylic acids is 2. The van der Waals surface area contributed by atoms with Crippen molar-refractivity contribution < 1.29 is 23.5 Å². The Balaban J connectivity index is 1.71. The van der Waals surface area contributed by atoms with E-state index in [-0.39, 0.29) is 23.4 Å². The van der Waals surface area contributed by atoms with Crippen molar-refractivity contribution in [1.82, 2.24) is 14.9 Å². The summed E-state index contributed by atoms with van der Waals surface area (Å²) in [6.45, 7) is 4.40. The van der Waals surface area contributed by atoms with Crippen molar-refractivity contribution in [1.29, 1.82) is 0 Å². The van der Waals surface area contributed by atoms with Crippen molar-refractivity contribution in [2.45, 2.75) is 38.9 Å². The molecule has 10 heteroatoms. The zero-order valence-corrected chi connectivity index (χ0v) is 17.1. The molecule has 2 aromatic rings. The number of aromatic nitrogens is 1. The second-order valence-corrected chi connectivity index (χ2v) is 7.83. The van der Waals surface area contributed by atoms with Crippen LogP contribution in [-0.2, 0) is 6.54 Å². The predicted octanol–water partition coefficient (Wildman–Crippen LogP) is 1.69. The largest absolute Gasteiger partial charge is 0.502 e. The monoisotopic (exact) mass is 432 g/mol. The van der Waals surface area contributed by atoms with Crippen LogP contribution in [0.5, 0.6) is 5.75 Å². The number of hydrogen-bond acceptors (Lipinski definition) is 5. The molecule has 0 radical (unpaired) electrons. The van der Waals surface area contributed by atoms with Gasteiger partial charge in [-0.15, -0.1) is 0 Å². The number of benzene rings is 1. The second-order valence-electron chi connectivity index (χ2n) is 7.83. The number of pyridine rings is 1. The van der Waals surface area contributed by atoms with Crippen molar-refractivity contribution in [3.63, 3.8) is 0 Å². The highest BCUT2D eigenvalue weighted by Gasteiger charge is 2.50. The van der Waals surface area contributed by atoms with E-state index in [0.717, 1.165) is 12.5 Å². The van der Waals surface area contributed by atoms with Crippen LogP contribution in [0.25, 0.3) is 0 Å². The van der Waals surface area contributed by atoms with E-state index in [9.17, 15) is 28.3 Å². The van der Waals surface area contributed by atoms with Crippen molar-refractivity contribution in [2.24, 2.45) is 0 Å². The van der Waals surface area contributed by atoms with Crippen LogP contribution in [0, 0.1) is 11.6 Å². The minimum absolute atomic E-state index is 0.0397. The normalized spacial score (nSPS) is 19.9. The fourth-order valence-corrected chi connectivity index (χ4v) is 4.45. The summed E-state index contributed by atoms with van der Waals surface area (Å²) < 4.78 is 28.3. The van der Waals surface area contributed by atoms with Gasteiger partial charge in [0, 0.05) is 37.5 Å². The maximum Gasteiger partial charge on any atom is 0.278 e. The lowest BCUT2D eigenvalue weighted by molar-refractivity contribution is 0.0398. The molecule has 1 aromatic carbocycles. The minimum atomic E-state index is -0.990.